The fourth-order valence-electron chi connectivity index (χ4n) is 2.75. The summed E-state index contributed by atoms with van der Waals surface area (Å²) in [6.45, 7) is 4.50. The van der Waals surface area contributed by atoms with Crippen molar-refractivity contribution < 1.29 is 4.79 Å². The Labute approximate surface area is 130 Å². The van der Waals surface area contributed by atoms with E-state index in [0.29, 0.717) is 11.4 Å². The molecule has 1 aliphatic heterocycles. The summed E-state index contributed by atoms with van der Waals surface area (Å²) < 4.78 is 0. The third-order valence-electron chi connectivity index (χ3n) is 3.92. The zero-order valence-electron chi connectivity index (χ0n) is 12.4. The minimum atomic E-state index is -0.453. The number of hydrogen-bond acceptors (Lipinski definition) is 4. The number of rotatable bonds is 4. The van der Waals surface area contributed by atoms with Gasteiger partial charge in [0.05, 0.1) is 5.56 Å². The van der Waals surface area contributed by atoms with Gasteiger partial charge in [-0.05, 0) is 11.6 Å². The maximum absolute atomic E-state index is 11.5. The smallest absolute Gasteiger partial charge is 0.252 e. The molecule has 2 heterocycles. The maximum Gasteiger partial charge on any atom is 0.252 e. The van der Waals surface area contributed by atoms with E-state index in [0.717, 1.165) is 32.7 Å². The highest BCUT2D eigenvalue weighted by Gasteiger charge is 2.21. The van der Waals surface area contributed by atoms with E-state index in [-0.39, 0.29) is 0 Å². The second-order valence-electron chi connectivity index (χ2n) is 5.42. The molecule has 0 aliphatic carbocycles. The van der Waals surface area contributed by atoms with Crippen molar-refractivity contribution in [1.29, 1.82) is 0 Å². The fraction of sp³-hybridized carbons (Fsp3) is 0.294. The largest absolute Gasteiger partial charge is 0.365 e. The van der Waals surface area contributed by atoms with E-state index >= 15 is 0 Å². The third-order valence-corrected chi connectivity index (χ3v) is 3.92. The lowest BCUT2D eigenvalue weighted by atomic mass is 10.2. The summed E-state index contributed by atoms with van der Waals surface area (Å²) in [5.74, 6) is 0.219. The van der Waals surface area contributed by atoms with Crippen molar-refractivity contribution >= 4 is 11.7 Å². The molecule has 0 bridgehead atoms. The number of benzene rings is 1. The lowest BCUT2D eigenvalue weighted by Gasteiger charge is -2.35. The molecule has 0 atom stereocenters. The van der Waals surface area contributed by atoms with Crippen LogP contribution < -0.4 is 10.6 Å². The highest BCUT2D eigenvalue weighted by atomic mass is 16.1. The molecule has 113 valence electrons. The first-order valence-electron chi connectivity index (χ1n) is 7.41. The zero-order chi connectivity index (χ0) is 15.4. The van der Waals surface area contributed by atoms with Crippen LogP contribution in [-0.4, -0.2) is 42.0 Å². The summed E-state index contributed by atoms with van der Waals surface area (Å²) in [5.41, 5.74) is 7.18. The van der Waals surface area contributed by atoms with Crippen LogP contribution in [0.25, 0.3) is 0 Å². The average Bonchev–Trinajstić information content (AvgIpc) is 2.56. The van der Waals surface area contributed by atoms with Gasteiger partial charge in [0.25, 0.3) is 5.91 Å². The van der Waals surface area contributed by atoms with Crippen molar-refractivity contribution in [2.75, 3.05) is 31.1 Å². The predicted molar refractivity (Wildman–Crippen MR) is 85.5 cm³/mol. The van der Waals surface area contributed by atoms with Crippen LogP contribution >= 0.6 is 0 Å². The molecule has 1 fully saturated rings. The van der Waals surface area contributed by atoms with Gasteiger partial charge >= 0.3 is 0 Å². The van der Waals surface area contributed by atoms with E-state index in [1.165, 1.54) is 5.56 Å². The van der Waals surface area contributed by atoms with Gasteiger partial charge in [0, 0.05) is 45.0 Å². The molecule has 5 heteroatoms. The molecule has 1 amide bonds. The van der Waals surface area contributed by atoms with Gasteiger partial charge in [-0.1, -0.05) is 30.3 Å². The molecule has 2 aromatic rings. The number of nitrogens with zero attached hydrogens (tertiary/aromatic N) is 3. The van der Waals surface area contributed by atoms with Crippen LogP contribution in [0, 0.1) is 6.07 Å². The third kappa shape index (κ3) is 3.26. The standard InChI is InChI=1S/C17H19N4O/c18-16(22)15-7-4-8-19-17(15)21-11-9-20(10-12-21)13-14-5-2-1-3-6-14/h1-3,5-8H,9-13H2,(H2,18,22). The maximum atomic E-state index is 11.5. The van der Waals surface area contributed by atoms with Gasteiger partial charge in [0.1, 0.15) is 5.82 Å². The second kappa shape index (κ2) is 6.58. The van der Waals surface area contributed by atoms with Crippen molar-refractivity contribution in [2.24, 2.45) is 5.73 Å². The van der Waals surface area contributed by atoms with Crippen LogP contribution in [0.15, 0.2) is 42.6 Å². The van der Waals surface area contributed by atoms with Crippen LogP contribution in [0.2, 0.25) is 0 Å². The Morgan fingerprint density at radius 2 is 1.91 bits per heavy atom. The van der Waals surface area contributed by atoms with Crippen molar-refractivity contribution in [3.8, 4) is 0 Å². The Morgan fingerprint density at radius 1 is 1.18 bits per heavy atom. The molecule has 3 rings (SSSR count). The van der Waals surface area contributed by atoms with Crippen molar-refractivity contribution in [1.82, 2.24) is 9.88 Å². The molecule has 1 saturated heterocycles. The first kappa shape index (κ1) is 14.5. The summed E-state index contributed by atoms with van der Waals surface area (Å²) in [4.78, 5) is 20.3. The quantitative estimate of drug-likeness (QED) is 0.923. The average molecular weight is 295 g/mol. The van der Waals surface area contributed by atoms with Gasteiger partial charge in [0.2, 0.25) is 0 Å². The van der Waals surface area contributed by atoms with Crippen molar-refractivity contribution in [2.45, 2.75) is 6.54 Å². The summed E-state index contributed by atoms with van der Waals surface area (Å²) in [7, 11) is 0. The Morgan fingerprint density at radius 3 is 2.59 bits per heavy atom. The minimum absolute atomic E-state index is 0.444. The van der Waals surface area contributed by atoms with E-state index in [1.54, 1.807) is 12.3 Å². The Kier molecular flexibility index (Phi) is 4.34. The zero-order valence-corrected chi connectivity index (χ0v) is 12.4. The number of hydrogen-bond donors (Lipinski definition) is 1. The molecule has 1 aliphatic rings. The van der Waals surface area contributed by atoms with E-state index in [2.05, 4.69) is 45.1 Å². The van der Waals surface area contributed by atoms with E-state index in [9.17, 15) is 4.79 Å². The minimum Gasteiger partial charge on any atom is -0.365 e. The van der Waals surface area contributed by atoms with E-state index in [1.807, 2.05) is 6.07 Å². The molecule has 1 aromatic carbocycles. The Balaban J connectivity index is 1.64. The van der Waals surface area contributed by atoms with Crippen LogP contribution in [0.1, 0.15) is 15.9 Å². The van der Waals surface area contributed by atoms with Gasteiger partial charge < -0.3 is 10.6 Å². The van der Waals surface area contributed by atoms with E-state index in [4.69, 9.17) is 5.73 Å². The van der Waals surface area contributed by atoms with Gasteiger partial charge in [-0.15, -0.1) is 0 Å². The monoisotopic (exact) mass is 295 g/mol. The van der Waals surface area contributed by atoms with Crippen molar-refractivity contribution in [3.05, 3.63) is 59.8 Å². The molecule has 2 N–H and O–H groups in total. The van der Waals surface area contributed by atoms with E-state index < -0.39 is 5.91 Å². The number of anilines is 1. The topological polar surface area (TPSA) is 62.5 Å². The lowest BCUT2D eigenvalue weighted by Crippen LogP contribution is -2.46. The molecule has 1 radical (unpaired) electrons. The summed E-state index contributed by atoms with van der Waals surface area (Å²) in [5, 5.41) is 0. The Bertz CT molecular complexity index is 636. The normalized spacial score (nSPS) is 15.7. The molecule has 5 nitrogen and oxygen atoms in total. The Hall–Kier alpha value is -2.40. The number of piperazine rings is 1. The second-order valence-corrected chi connectivity index (χ2v) is 5.42. The molecule has 0 saturated carbocycles. The van der Waals surface area contributed by atoms with Crippen LogP contribution in [0.4, 0.5) is 5.82 Å². The number of aromatic nitrogens is 1. The number of carbonyl (C=O) groups excluding carboxylic acids is 1. The van der Waals surface area contributed by atoms with Gasteiger partial charge in [-0.2, -0.15) is 0 Å². The molecule has 0 spiro atoms. The van der Waals surface area contributed by atoms with Crippen LogP contribution in [-0.2, 0) is 6.54 Å². The first-order chi connectivity index (χ1) is 10.7. The molecular weight excluding hydrogens is 276 g/mol. The molecule has 0 unspecified atom stereocenters. The number of pyridine rings is 1. The van der Waals surface area contributed by atoms with Gasteiger partial charge in [-0.25, -0.2) is 4.98 Å². The van der Waals surface area contributed by atoms with Crippen molar-refractivity contribution in [3.63, 3.8) is 0 Å². The van der Waals surface area contributed by atoms with Gasteiger partial charge in [0.15, 0.2) is 0 Å². The highest BCUT2D eigenvalue weighted by Crippen LogP contribution is 2.19. The number of amides is 1. The molecule has 22 heavy (non-hydrogen) atoms. The number of primary amides is 1. The predicted octanol–water partition coefficient (Wildman–Crippen LogP) is 1.30. The first-order valence-corrected chi connectivity index (χ1v) is 7.41. The number of nitrogens with two attached hydrogens (primary N) is 1. The number of carbonyl (C=O) groups is 1. The summed E-state index contributed by atoms with van der Waals surface area (Å²) in [6.07, 6.45) is 1.58. The fourth-order valence-corrected chi connectivity index (χ4v) is 2.75. The van der Waals surface area contributed by atoms with Crippen LogP contribution in [0.5, 0.6) is 0 Å². The summed E-state index contributed by atoms with van der Waals surface area (Å²) in [6, 6.07) is 14.9. The molecule has 1 aromatic heterocycles. The lowest BCUT2D eigenvalue weighted by molar-refractivity contribution is 0.1000. The molecular formula is C17H19N4O. The van der Waals surface area contributed by atoms with Gasteiger partial charge in [-0.3, -0.25) is 9.69 Å². The summed E-state index contributed by atoms with van der Waals surface area (Å²) >= 11 is 0. The highest BCUT2D eigenvalue weighted by molar-refractivity contribution is 5.97. The van der Waals surface area contributed by atoms with Crippen LogP contribution in [0.3, 0.4) is 0 Å². The SMILES string of the molecule is NC(=O)c1c[c]cnc1N1CCN(Cc2ccccc2)CC1.